The Kier molecular flexibility index (Phi) is 5.90. The largest absolute Gasteiger partial charge is 0.452 e. The minimum atomic E-state index is 0.662. The quantitative estimate of drug-likeness (QED) is 0.173. The van der Waals surface area contributed by atoms with Crippen molar-refractivity contribution in [2.45, 2.75) is 0 Å². The van der Waals surface area contributed by atoms with Crippen LogP contribution < -0.4 is 0 Å². The zero-order valence-corrected chi connectivity index (χ0v) is 29.1. The number of nitrogens with zero attached hydrogens (tertiary/aromatic N) is 3. The first-order valence-corrected chi connectivity index (χ1v) is 18.7. The molecule has 246 valence electrons. The molecule has 53 heavy (non-hydrogen) atoms. The van der Waals surface area contributed by atoms with Crippen molar-refractivity contribution in [2.75, 3.05) is 0 Å². The number of furan rings is 1. The summed E-state index contributed by atoms with van der Waals surface area (Å²) < 4.78 is 11.5. The van der Waals surface area contributed by atoms with Crippen molar-refractivity contribution in [3.8, 4) is 28.3 Å². The second-order valence-corrected chi connectivity index (χ2v) is 14.7. The van der Waals surface area contributed by atoms with E-state index >= 15 is 0 Å². The van der Waals surface area contributed by atoms with Gasteiger partial charge in [-0.2, -0.15) is 0 Å². The molecule has 0 atom stereocenters. The average molecular weight is 694 g/mol. The van der Waals surface area contributed by atoms with Gasteiger partial charge in [0.15, 0.2) is 11.4 Å². The van der Waals surface area contributed by atoms with E-state index in [0.29, 0.717) is 11.4 Å². The average Bonchev–Trinajstić information content (AvgIpc) is 3.91. The van der Waals surface area contributed by atoms with Crippen LogP contribution in [0.15, 0.2) is 168 Å². The summed E-state index contributed by atoms with van der Waals surface area (Å²) in [4.78, 5) is 10.4. The van der Waals surface area contributed by atoms with E-state index in [0.717, 1.165) is 39.0 Å². The summed E-state index contributed by atoms with van der Waals surface area (Å²) in [5.74, 6) is 0.662. The fourth-order valence-corrected chi connectivity index (χ4v) is 9.75. The minimum absolute atomic E-state index is 0.662. The topological polar surface area (TPSA) is 43.9 Å². The number of rotatable bonds is 3. The van der Waals surface area contributed by atoms with Crippen LogP contribution >= 0.6 is 11.3 Å². The highest BCUT2D eigenvalue weighted by atomic mass is 32.1. The first-order chi connectivity index (χ1) is 26.3. The number of fused-ring (bicyclic) bond motifs is 15. The molecule has 4 aromatic heterocycles. The van der Waals surface area contributed by atoms with Crippen molar-refractivity contribution >= 4 is 96.9 Å². The molecule has 0 aliphatic heterocycles. The number of para-hydroxylation sites is 2. The van der Waals surface area contributed by atoms with E-state index in [4.69, 9.17) is 14.4 Å². The molecule has 0 fully saturated rings. The summed E-state index contributed by atoms with van der Waals surface area (Å²) in [6.45, 7) is 0. The molecule has 0 spiro atoms. The Morgan fingerprint density at radius 2 is 1.25 bits per heavy atom. The zero-order valence-electron chi connectivity index (χ0n) is 28.2. The van der Waals surface area contributed by atoms with Gasteiger partial charge >= 0.3 is 0 Å². The normalized spacial score (nSPS) is 12.2. The van der Waals surface area contributed by atoms with Crippen LogP contribution in [-0.2, 0) is 0 Å². The van der Waals surface area contributed by atoms with Gasteiger partial charge in [0, 0.05) is 48.4 Å². The van der Waals surface area contributed by atoms with E-state index in [9.17, 15) is 0 Å². The molecular weight excluding hydrogens is 667 g/mol. The van der Waals surface area contributed by atoms with E-state index in [1.807, 2.05) is 47.7 Å². The van der Waals surface area contributed by atoms with Crippen LogP contribution in [0, 0.1) is 0 Å². The van der Waals surface area contributed by atoms with Crippen LogP contribution in [-0.4, -0.2) is 14.5 Å². The molecule has 8 aromatic carbocycles. The lowest BCUT2D eigenvalue weighted by molar-refractivity contribution is 0.667. The summed E-state index contributed by atoms with van der Waals surface area (Å²) in [6, 6.07) is 58.2. The fraction of sp³-hybridized carbons (Fsp3) is 0. The molecule has 0 N–H and O–H groups in total. The van der Waals surface area contributed by atoms with Crippen molar-refractivity contribution in [2.24, 2.45) is 0 Å². The van der Waals surface area contributed by atoms with Crippen LogP contribution in [0.3, 0.4) is 0 Å². The molecule has 12 aromatic rings. The van der Waals surface area contributed by atoms with E-state index in [-0.39, 0.29) is 0 Å². The van der Waals surface area contributed by atoms with Crippen molar-refractivity contribution in [1.82, 2.24) is 14.5 Å². The van der Waals surface area contributed by atoms with Crippen LogP contribution in [0.2, 0.25) is 0 Å². The van der Waals surface area contributed by atoms with Gasteiger partial charge in [0.05, 0.1) is 15.7 Å². The van der Waals surface area contributed by atoms with E-state index in [2.05, 4.69) is 132 Å². The van der Waals surface area contributed by atoms with Gasteiger partial charge in [0.2, 0.25) is 0 Å². The molecule has 0 saturated carbocycles. The third kappa shape index (κ3) is 4.05. The molecule has 4 heterocycles. The van der Waals surface area contributed by atoms with E-state index < -0.39 is 0 Å². The maximum absolute atomic E-state index is 6.41. The van der Waals surface area contributed by atoms with Crippen molar-refractivity contribution in [1.29, 1.82) is 0 Å². The lowest BCUT2D eigenvalue weighted by Crippen LogP contribution is -1.97. The van der Waals surface area contributed by atoms with Gasteiger partial charge in [-0.15, -0.1) is 11.3 Å². The van der Waals surface area contributed by atoms with Gasteiger partial charge in [-0.05, 0) is 57.9 Å². The molecule has 12 rings (SSSR count). The number of hydrogen-bond donors (Lipinski definition) is 0. The fourth-order valence-electron chi connectivity index (χ4n) is 8.50. The summed E-state index contributed by atoms with van der Waals surface area (Å²) in [6.07, 6.45) is 0. The zero-order chi connectivity index (χ0) is 34.6. The summed E-state index contributed by atoms with van der Waals surface area (Å²) in [5, 5.41) is 11.2. The van der Waals surface area contributed by atoms with Crippen LogP contribution in [0.5, 0.6) is 0 Å². The molecule has 0 radical (unpaired) electrons. The Morgan fingerprint density at radius 1 is 0.509 bits per heavy atom. The third-order valence-electron chi connectivity index (χ3n) is 10.8. The van der Waals surface area contributed by atoms with Crippen LogP contribution in [0.1, 0.15) is 0 Å². The van der Waals surface area contributed by atoms with Gasteiger partial charge in [0.1, 0.15) is 16.8 Å². The van der Waals surface area contributed by atoms with Crippen LogP contribution in [0.4, 0.5) is 0 Å². The number of benzene rings is 8. The summed E-state index contributed by atoms with van der Waals surface area (Å²) in [7, 11) is 0. The molecule has 0 saturated heterocycles. The van der Waals surface area contributed by atoms with Crippen molar-refractivity contribution < 1.29 is 4.42 Å². The molecule has 0 unspecified atom stereocenters. The van der Waals surface area contributed by atoms with Gasteiger partial charge in [0.25, 0.3) is 0 Å². The number of hydrogen-bond acceptors (Lipinski definition) is 4. The summed E-state index contributed by atoms with van der Waals surface area (Å²) >= 11 is 1.89. The second kappa shape index (κ2) is 10.8. The van der Waals surface area contributed by atoms with Gasteiger partial charge in [-0.25, -0.2) is 9.97 Å². The Bertz CT molecular complexity index is 3460. The molecule has 5 heteroatoms. The maximum Gasteiger partial charge on any atom is 0.180 e. The van der Waals surface area contributed by atoms with Crippen molar-refractivity contribution in [3.63, 3.8) is 0 Å². The monoisotopic (exact) mass is 693 g/mol. The molecule has 4 nitrogen and oxygen atoms in total. The predicted octanol–water partition coefficient (Wildman–Crippen LogP) is 13.5. The van der Waals surface area contributed by atoms with E-state index in [1.54, 1.807) is 0 Å². The van der Waals surface area contributed by atoms with Crippen LogP contribution in [0.25, 0.3) is 114 Å². The predicted molar refractivity (Wildman–Crippen MR) is 222 cm³/mol. The lowest BCUT2D eigenvalue weighted by atomic mass is 9.94. The first-order valence-electron chi connectivity index (χ1n) is 17.8. The summed E-state index contributed by atoms with van der Waals surface area (Å²) in [5.41, 5.74) is 8.50. The Labute approximate surface area is 306 Å². The van der Waals surface area contributed by atoms with E-state index in [1.165, 1.54) is 63.5 Å². The highest BCUT2D eigenvalue weighted by Crippen LogP contribution is 2.49. The van der Waals surface area contributed by atoms with Crippen molar-refractivity contribution in [3.05, 3.63) is 164 Å². The number of thiophene rings is 1. The smallest absolute Gasteiger partial charge is 0.180 e. The van der Waals surface area contributed by atoms with Gasteiger partial charge in [-0.1, -0.05) is 127 Å². The molecule has 0 aliphatic rings. The molecular formula is C48H27N3OS. The highest BCUT2D eigenvalue weighted by Gasteiger charge is 2.24. The molecule has 0 amide bonds. The minimum Gasteiger partial charge on any atom is -0.452 e. The highest BCUT2D eigenvalue weighted by molar-refractivity contribution is 7.27. The Morgan fingerprint density at radius 3 is 2.15 bits per heavy atom. The standard InChI is InChI=1S/C48H27N3OS/c1-2-14-29(15-3-1)43-46-44(34-20-7-10-23-38(34)52-46)50-48(49-43)30-16-12-17-31(27-30)51-37-22-9-6-19-33(37)41-36-26-25-28-13-4-5-18-32(28)40(36)42-35-21-8-11-24-39(35)53-47(42)45(41)51/h1-27H. The van der Waals surface area contributed by atoms with Gasteiger partial charge < -0.3 is 8.98 Å². The Balaban J connectivity index is 1.20. The number of aromatic nitrogens is 3. The lowest BCUT2D eigenvalue weighted by Gasteiger charge is -2.13. The Hall–Kier alpha value is -6.82. The first kappa shape index (κ1) is 28.8. The maximum atomic E-state index is 6.41. The third-order valence-corrected chi connectivity index (χ3v) is 11.9. The molecule has 0 bridgehead atoms. The molecule has 0 aliphatic carbocycles. The van der Waals surface area contributed by atoms with Gasteiger partial charge in [-0.3, -0.25) is 0 Å². The second-order valence-electron chi connectivity index (χ2n) is 13.7. The SMILES string of the molecule is c1ccc(-c2nc(-c3cccc(-n4c5ccccc5c5c6ccc7ccccc7c6c6c7ccccc7sc6c54)c3)nc3c2oc2ccccc23)cc1.